The third-order valence-electron chi connectivity index (χ3n) is 5.65. The van der Waals surface area contributed by atoms with E-state index < -0.39 is 30.5 Å². The molecule has 1 saturated carbocycles. The summed E-state index contributed by atoms with van der Waals surface area (Å²) >= 11 is 0. The van der Waals surface area contributed by atoms with Gasteiger partial charge in [0, 0.05) is 17.7 Å². The molecule has 3 rings (SSSR count). The number of nitrogens with zero attached hydrogens (tertiary/aromatic N) is 2. The van der Waals surface area contributed by atoms with Crippen molar-refractivity contribution in [1.29, 1.82) is 0 Å². The van der Waals surface area contributed by atoms with E-state index in [2.05, 4.69) is 10.2 Å². The van der Waals surface area contributed by atoms with Gasteiger partial charge in [-0.15, -0.1) is 5.10 Å². The van der Waals surface area contributed by atoms with E-state index in [1.165, 1.54) is 6.20 Å². The largest absolute Gasteiger partial charge is 0.497 e. The predicted molar refractivity (Wildman–Crippen MR) is 93.3 cm³/mol. The Kier molecular flexibility index (Phi) is 5.44. The molecule has 6 nitrogen and oxygen atoms in total. The summed E-state index contributed by atoms with van der Waals surface area (Å²) in [5.74, 6) is -0.817. The van der Waals surface area contributed by atoms with E-state index in [0.717, 1.165) is 0 Å². The van der Waals surface area contributed by atoms with E-state index in [4.69, 9.17) is 19.8 Å². The van der Waals surface area contributed by atoms with Gasteiger partial charge < -0.3 is 19.8 Å². The van der Waals surface area contributed by atoms with Crippen molar-refractivity contribution in [1.82, 2.24) is 10.2 Å². The van der Waals surface area contributed by atoms with Gasteiger partial charge in [0.05, 0.1) is 18.1 Å². The summed E-state index contributed by atoms with van der Waals surface area (Å²) in [6.45, 7) is 5.75. The number of ether oxygens (including phenoxy) is 1. The zero-order valence-corrected chi connectivity index (χ0v) is 15.8. The molecule has 0 aromatic carbocycles. The molecule has 27 heavy (non-hydrogen) atoms. The molecule has 0 bridgehead atoms. The van der Waals surface area contributed by atoms with Gasteiger partial charge in [0.25, 0.3) is 0 Å². The molecule has 2 N–H and O–H groups in total. The molecule has 2 fully saturated rings. The van der Waals surface area contributed by atoms with Crippen LogP contribution in [0.4, 0.5) is 13.2 Å². The van der Waals surface area contributed by atoms with Gasteiger partial charge in [-0.05, 0) is 52.4 Å². The van der Waals surface area contributed by atoms with Crippen LogP contribution in [0.5, 0.6) is 5.88 Å². The first-order chi connectivity index (χ1) is 12.5. The number of nitrogens with two attached hydrogens (primary N) is 1. The van der Waals surface area contributed by atoms with Gasteiger partial charge in [0.1, 0.15) is 5.72 Å². The molecular weight excluding hydrogens is 362 g/mol. The molecule has 0 amide bonds. The molecule has 1 atom stereocenters. The molecule has 150 valence electrons. The Balaban J connectivity index is 1.55. The number of alkyl halides is 3. The van der Waals surface area contributed by atoms with Crippen molar-refractivity contribution in [3.05, 3.63) is 12.3 Å². The average molecular weight is 387 g/mol. The summed E-state index contributed by atoms with van der Waals surface area (Å²) in [4.78, 5) is 0. The maximum atomic E-state index is 12.7. The fraction of sp³-hybridized carbons (Fsp3) is 0.765. The Hall–Kier alpha value is -1.39. The van der Waals surface area contributed by atoms with Crippen LogP contribution in [0.15, 0.2) is 12.3 Å². The normalized spacial score (nSPS) is 31.1. The lowest BCUT2D eigenvalue weighted by molar-refractivity contribution is -0.184. The summed E-state index contributed by atoms with van der Waals surface area (Å²) < 4.78 is 55.5. The average Bonchev–Trinajstić information content (AvgIpc) is 2.81. The lowest BCUT2D eigenvalue weighted by Crippen LogP contribution is -2.52. The van der Waals surface area contributed by atoms with Gasteiger partial charge in [-0.2, -0.15) is 18.3 Å². The van der Waals surface area contributed by atoms with E-state index in [-0.39, 0.29) is 18.8 Å². The van der Waals surface area contributed by atoms with E-state index in [1.807, 2.05) is 13.8 Å². The summed E-state index contributed by atoms with van der Waals surface area (Å²) in [5.41, 5.74) is 5.11. The highest BCUT2D eigenvalue weighted by molar-refractivity contribution is 6.62. The first kappa shape index (κ1) is 20.4. The third kappa shape index (κ3) is 4.55. The quantitative estimate of drug-likeness (QED) is 0.800. The first-order valence-electron chi connectivity index (χ1n) is 9.14. The van der Waals surface area contributed by atoms with Crippen molar-refractivity contribution >= 4 is 12.6 Å². The van der Waals surface area contributed by atoms with Crippen molar-refractivity contribution in [3.8, 4) is 5.88 Å². The Morgan fingerprint density at radius 2 is 1.89 bits per heavy atom. The van der Waals surface area contributed by atoms with Crippen LogP contribution in [0.1, 0.15) is 46.5 Å². The van der Waals surface area contributed by atoms with Gasteiger partial charge in [-0.25, -0.2) is 0 Å². The Bertz CT molecular complexity index is 648. The Morgan fingerprint density at radius 3 is 2.44 bits per heavy atom. The molecule has 10 heteroatoms. The van der Waals surface area contributed by atoms with Gasteiger partial charge >= 0.3 is 13.3 Å². The van der Waals surface area contributed by atoms with Crippen LogP contribution in [-0.4, -0.2) is 41.4 Å². The van der Waals surface area contributed by atoms with E-state index >= 15 is 0 Å². The Morgan fingerprint density at radius 1 is 1.22 bits per heavy atom. The maximum absolute atomic E-state index is 12.7. The van der Waals surface area contributed by atoms with Crippen LogP contribution >= 0.6 is 0 Å². The summed E-state index contributed by atoms with van der Waals surface area (Å²) in [6.07, 6.45) is -1.30. The second kappa shape index (κ2) is 7.22. The number of rotatable bonds is 4. The SMILES string of the molecule is CC1(C)OB(c2cnnc(OC[C@H]3CC[C@H](C(F)(F)F)CC3)c2)OC1(C)N. The van der Waals surface area contributed by atoms with E-state index in [0.29, 0.717) is 30.8 Å². The number of hydrogen-bond donors (Lipinski definition) is 1. The second-order valence-electron chi connectivity index (χ2n) is 8.08. The minimum Gasteiger partial charge on any atom is -0.476 e. The zero-order valence-electron chi connectivity index (χ0n) is 15.8. The highest BCUT2D eigenvalue weighted by Crippen LogP contribution is 2.39. The smallest absolute Gasteiger partial charge is 0.476 e. The fourth-order valence-corrected chi connectivity index (χ4v) is 3.33. The zero-order chi connectivity index (χ0) is 19.9. The van der Waals surface area contributed by atoms with Gasteiger partial charge in [0.15, 0.2) is 0 Å². The van der Waals surface area contributed by atoms with Crippen LogP contribution in [0.25, 0.3) is 0 Å². The van der Waals surface area contributed by atoms with Gasteiger partial charge in [-0.1, -0.05) is 0 Å². The van der Waals surface area contributed by atoms with Crippen LogP contribution in [0.3, 0.4) is 0 Å². The van der Waals surface area contributed by atoms with Crippen molar-refractivity contribution < 1.29 is 27.2 Å². The molecule has 0 radical (unpaired) electrons. The van der Waals surface area contributed by atoms with Crippen molar-refractivity contribution in [2.45, 2.75) is 64.0 Å². The number of halogens is 3. The molecule has 1 aliphatic carbocycles. The van der Waals surface area contributed by atoms with E-state index in [1.54, 1.807) is 13.0 Å². The molecule has 1 aliphatic heterocycles. The number of hydrogen-bond acceptors (Lipinski definition) is 6. The molecule has 1 aromatic rings. The van der Waals surface area contributed by atoms with Crippen molar-refractivity contribution in [3.63, 3.8) is 0 Å². The molecular formula is C17H25BF3N3O3. The molecule has 2 heterocycles. The molecule has 2 aliphatic rings. The fourth-order valence-electron chi connectivity index (χ4n) is 3.33. The Labute approximate surface area is 157 Å². The first-order valence-corrected chi connectivity index (χ1v) is 9.14. The molecule has 1 aromatic heterocycles. The lowest BCUT2D eigenvalue weighted by Gasteiger charge is -2.31. The monoisotopic (exact) mass is 387 g/mol. The van der Waals surface area contributed by atoms with Gasteiger partial charge in [0.2, 0.25) is 5.88 Å². The molecule has 0 spiro atoms. The highest BCUT2D eigenvalue weighted by Gasteiger charge is 2.52. The summed E-state index contributed by atoms with van der Waals surface area (Å²) in [6, 6.07) is 1.66. The predicted octanol–water partition coefficient (Wildman–Crippen LogP) is 2.42. The lowest BCUT2D eigenvalue weighted by atomic mass is 9.80. The molecule has 1 unspecified atom stereocenters. The van der Waals surface area contributed by atoms with Crippen LogP contribution in [-0.2, 0) is 9.31 Å². The standard InChI is InChI=1S/C17H25BF3N3O3/c1-15(2)16(3,22)27-18(26-15)13-8-14(24-23-9-13)25-10-11-4-6-12(7-5-11)17(19,20)21/h8-9,11-12H,4-7,10,22H2,1-3H3/t11-,12-,16?. The highest BCUT2D eigenvalue weighted by atomic mass is 19.4. The van der Waals surface area contributed by atoms with Crippen LogP contribution in [0.2, 0.25) is 0 Å². The number of aromatic nitrogens is 2. The molecule has 1 saturated heterocycles. The minimum atomic E-state index is -4.10. The third-order valence-corrected chi connectivity index (χ3v) is 5.65. The van der Waals surface area contributed by atoms with Crippen molar-refractivity contribution in [2.24, 2.45) is 17.6 Å². The topological polar surface area (TPSA) is 79.5 Å². The van der Waals surface area contributed by atoms with Gasteiger partial charge in [-0.3, -0.25) is 0 Å². The van der Waals surface area contributed by atoms with E-state index in [9.17, 15) is 13.2 Å². The van der Waals surface area contributed by atoms with Crippen LogP contribution in [0, 0.1) is 11.8 Å². The minimum absolute atomic E-state index is 0.0827. The summed E-state index contributed by atoms with van der Waals surface area (Å²) in [5, 5.41) is 7.84. The van der Waals surface area contributed by atoms with Crippen molar-refractivity contribution in [2.75, 3.05) is 6.61 Å². The van der Waals surface area contributed by atoms with Crippen LogP contribution < -0.4 is 15.9 Å². The second-order valence-corrected chi connectivity index (χ2v) is 8.08. The summed E-state index contributed by atoms with van der Waals surface area (Å²) in [7, 11) is -0.685. The maximum Gasteiger partial charge on any atom is 0.497 e.